The third-order valence-electron chi connectivity index (χ3n) is 4.30. The van der Waals surface area contributed by atoms with Crippen molar-refractivity contribution in [2.45, 2.75) is 44.7 Å². The van der Waals surface area contributed by atoms with Crippen LogP contribution >= 0.6 is 0 Å². The second kappa shape index (κ2) is 5.36. The molecule has 2 fully saturated rings. The number of likely N-dealkylation sites (N-methyl/N-ethyl adjacent to an activating group) is 1. The van der Waals surface area contributed by atoms with Crippen molar-refractivity contribution in [2.75, 3.05) is 26.7 Å². The molecule has 1 unspecified atom stereocenters. The first-order valence-electron chi connectivity index (χ1n) is 6.81. The van der Waals surface area contributed by atoms with Crippen LogP contribution in [0.1, 0.15) is 32.6 Å². The van der Waals surface area contributed by atoms with E-state index in [4.69, 9.17) is 5.73 Å². The fourth-order valence-electron chi connectivity index (χ4n) is 2.54. The zero-order chi connectivity index (χ0) is 12.4. The number of rotatable bonds is 4. The quantitative estimate of drug-likeness (QED) is 0.784. The van der Waals surface area contributed by atoms with Gasteiger partial charge < -0.3 is 10.6 Å². The summed E-state index contributed by atoms with van der Waals surface area (Å²) < 4.78 is 0. The maximum atomic E-state index is 12.1. The summed E-state index contributed by atoms with van der Waals surface area (Å²) in [6, 6.07) is 0.749. The van der Waals surface area contributed by atoms with E-state index in [2.05, 4.69) is 11.8 Å². The molecule has 0 aromatic rings. The number of amides is 1. The zero-order valence-corrected chi connectivity index (χ0v) is 11.1. The van der Waals surface area contributed by atoms with Crippen molar-refractivity contribution in [1.29, 1.82) is 0 Å². The van der Waals surface area contributed by atoms with Crippen LogP contribution in [0, 0.1) is 5.92 Å². The van der Waals surface area contributed by atoms with Gasteiger partial charge in [0, 0.05) is 32.2 Å². The van der Waals surface area contributed by atoms with Gasteiger partial charge in [0.2, 0.25) is 5.91 Å². The highest BCUT2D eigenvalue weighted by Crippen LogP contribution is 2.34. The van der Waals surface area contributed by atoms with Crippen LogP contribution in [0.2, 0.25) is 0 Å². The van der Waals surface area contributed by atoms with Gasteiger partial charge >= 0.3 is 0 Å². The molecule has 4 nitrogen and oxygen atoms in total. The first-order chi connectivity index (χ1) is 8.08. The summed E-state index contributed by atoms with van der Waals surface area (Å²) in [6.45, 7) is 4.68. The second-order valence-corrected chi connectivity index (χ2v) is 5.70. The van der Waals surface area contributed by atoms with Gasteiger partial charge in [-0.25, -0.2) is 0 Å². The van der Waals surface area contributed by atoms with Crippen LogP contribution in [-0.4, -0.2) is 54.5 Å². The van der Waals surface area contributed by atoms with E-state index in [1.807, 2.05) is 11.9 Å². The molecule has 1 aliphatic heterocycles. The Morgan fingerprint density at radius 1 is 1.35 bits per heavy atom. The molecule has 17 heavy (non-hydrogen) atoms. The number of carbonyl (C=O) groups excluding carboxylic acids is 1. The summed E-state index contributed by atoms with van der Waals surface area (Å²) in [5, 5.41) is 0. The molecule has 1 saturated carbocycles. The smallest absolute Gasteiger partial charge is 0.236 e. The van der Waals surface area contributed by atoms with Crippen LogP contribution in [0.5, 0.6) is 0 Å². The lowest BCUT2D eigenvalue weighted by atomic mass is 10.1. The summed E-state index contributed by atoms with van der Waals surface area (Å²) in [5.41, 5.74) is 5.86. The van der Waals surface area contributed by atoms with Crippen molar-refractivity contribution < 1.29 is 4.79 Å². The molecule has 0 radical (unpaired) electrons. The zero-order valence-electron chi connectivity index (χ0n) is 11.1. The van der Waals surface area contributed by atoms with Gasteiger partial charge in [0.25, 0.3) is 0 Å². The molecule has 98 valence electrons. The molecule has 4 heteroatoms. The summed E-state index contributed by atoms with van der Waals surface area (Å²) in [4.78, 5) is 16.3. The van der Waals surface area contributed by atoms with E-state index >= 15 is 0 Å². The van der Waals surface area contributed by atoms with Gasteiger partial charge in [0.1, 0.15) is 0 Å². The summed E-state index contributed by atoms with van der Waals surface area (Å²) in [6.07, 6.45) is 4.62. The largest absolute Gasteiger partial charge is 0.342 e. The summed E-state index contributed by atoms with van der Waals surface area (Å²) >= 11 is 0. The van der Waals surface area contributed by atoms with Crippen LogP contribution < -0.4 is 5.73 Å². The average Bonchev–Trinajstić information content (AvgIpc) is 3.14. The van der Waals surface area contributed by atoms with E-state index < -0.39 is 0 Å². The van der Waals surface area contributed by atoms with Crippen LogP contribution in [0.3, 0.4) is 0 Å². The topological polar surface area (TPSA) is 49.6 Å². The lowest BCUT2D eigenvalue weighted by Crippen LogP contribution is -2.47. The number of nitrogens with two attached hydrogens (primary N) is 1. The minimum atomic E-state index is 0.264. The lowest BCUT2D eigenvalue weighted by Gasteiger charge is -2.32. The Bertz CT molecular complexity index is 270. The molecule has 2 rings (SSSR count). The Balaban J connectivity index is 1.75. The standard InChI is InChI=1S/C13H25N3O/c1-10(11-3-4-11)15(2)13(17)9-16-7-5-12(14)6-8-16/h10-12H,3-9,14H2,1-2H3. The van der Waals surface area contributed by atoms with Gasteiger partial charge in [-0.3, -0.25) is 9.69 Å². The number of nitrogens with zero attached hydrogens (tertiary/aromatic N) is 2. The monoisotopic (exact) mass is 239 g/mol. The number of hydrogen-bond donors (Lipinski definition) is 1. The highest BCUT2D eigenvalue weighted by molar-refractivity contribution is 5.78. The van der Waals surface area contributed by atoms with Crippen molar-refractivity contribution in [3.05, 3.63) is 0 Å². The first-order valence-corrected chi connectivity index (χ1v) is 6.81. The van der Waals surface area contributed by atoms with Crippen LogP contribution in [0.25, 0.3) is 0 Å². The van der Waals surface area contributed by atoms with Crippen molar-refractivity contribution in [3.63, 3.8) is 0 Å². The van der Waals surface area contributed by atoms with E-state index in [0.717, 1.165) is 31.8 Å². The SMILES string of the molecule is CC(C1CC1)N(C)C(=O)CN1CCC(N)CC1. The van der Waals surface area contributed by atoms with E-state index in [1.165, 1.54) is 12.8 Å². The second-order valence-electron chi connectivity index (χ2n) is 5.70. The van der Waals surface area contributed by atoms with E-state index in [9.17, 15) is 4.79 Å². The molecule has 2 aliphatic rings. The maximum Gasteiger partial charge on any atom is 0.236 e. The molecule has 0 aromatic heterocycles. The first kappa shape index (κ1) is 12.8. The molecule has 1 amide bonds. The average molecular weight is 239 g/mol. The minimum absolute atomic E-state index is 0.264. The molecule has 1 atom stereocenters. The van der Waals surface area contributed by atoms with Crippen molar-refractivity contribution in [3.8, 4) is 0 Å². The van der Waals surface area contributed by atoms with Crippen molar-refractivity contribution >= 4 is 5.91 Å². The van der Waals surface area contributed by atoms with Gasteiger partial charge in [-0.05, 0) is 38.5 Å². The Labute approximate surface area is 104 Å². The third kappa shape index (κ3) is 3.42. The Morgan fingerprint density at radius 2 is 1.94 bits per heavy atom. The number of likely N-dealkylation sites (tertiary alicyclic amines) is 1. The Kier molecular flexibility index (Phi) is 4.05. The maximum absolute atomic E-state index is 12.1. The minimum Gasteiger partial charge on any atom is -0.342 e. The normalized spacial score (nSPS) is 24.6. The molecular weight excluding hydrogens is 214 g/mol. The molecule has 1 heterocycles. The van der Waals surface area contributed by atoms with Crippen LogP contribution in [0.15, 0.2) is 0 Å². The summed E-state index contributed by atoms with van der Waals surface area (Å²) in [5.74, 6) is 1.01. The Hall–Kier alpha value is -0.610. The van der Waals surface area contributed by atoms with E-state index in [1.54, 1.807) is 0 Å². The van der Waals surface area contributed by atoms with Gasteiger partial charge in [-0.15, -0.1) is 0 Å². The van der Waals surface area contributed by atoms with E-state index in [0.29, 0.717) is 18.6 Å². The summed E-state index contributed by atoms with van der Waals surface area (Å²) in [7, 11) is 1.95. The number of piperidine rings is 1. The molecular formula is C13H25N3O. The van der Waals surface area contributed by atoms with Gasteiger partial charge in [0.15, 0.2) is 0 Å². The highest BCUT2D eigenvalue weighted by Gasteiger charge is 2.32. The molecule has 0 aromatic carbocycles. The number of carbonyl (C=O) groups is 1. The third-order valence-corrected chi connectivity index (χ3v) is 4.30. The Morgan fingerprint density at radius 3 is 2.47 bits per heavy atom. The predicted octanol–water partition coefficient (Wildman–Crippen LogP) is 0.666. The molecule has 1 aliphatic carbocycles. The predicted molar refractivity (Wildman–Crippen MR) is 68.6 cm³/mol. The molecule has 1 saturated heterocycles. The van der Waals surface area contributed by atoms with E-state index in [-0.39, 0.29) is 5.91 Å². The number of hydrogen-bond acceptors (Lipinski definition) is 3. The highest BCUT2D eigenvalue weighted by atomic mass is 16.2. The molecule has 0 bridgehead atoms. The molecule has 2 N–H and O–H groups in total. The van der Waals surface area contributed by atoms with Crippen LogP contribution in [0.4, 0.5) is 0 Å². The van der Waals surface area contributed by atoms with Gasteiger partial charge in [0.05, 0.1) is 6.54 Å². The fourth-order valence-corrected chi connectivity index (χ4v) is 2.54. The fraction of sp³-hybridized carbons (Fsp3) is 0.923. The van der Waals surface area contributed by atoms with Gasteiger partial charge in [-0.1, -0.05) is 0 Å². The van der Waals surface area contributed by atoms with Crippen LogP contribution in [-0.2, 0) is 4.79 Å². The van der Waals surface area contributed by atoms with Crippen molar-refractivity contribution in [1.82, 2.24) is 9.80 Å². The van der Waals surface area contributed by atoms with Crippen molar-refractivity contribution in [2.24, 2.45) is 11.7 Å². The molecule has 0 spiro atoms. The van der Waals surface area contributed by atoms with Gasteiger partial charge in [-0.2, -0.15) is 0 Å². The lowest BCUT2D eigenvalue weighted by molar-refractivity contribution is -0.133.